The summed E-state index contributed by atoms with van der Waals surface area (Å²) >= 11 is 1.65. The van der Waals surface area contributed by atoms with Crippen molar-refractivity contribution in [2.24, 2.45) is 11.3 Å². The number of carbonyl (C=O) groups is 1. The Balaban J connectivity index is 1.68. The first-order chi connectivity index (χ1) is 10.6. The van der Waals surface area contributed by atoms with E-state index in [0.717, 1.165) is 23.7 Å². The third kappa shape index (κ3) is 2.82. The zero-order valence-corrected chi connectivity index (χ0v) is 15.9. The largest absolute Gasteiger partial charge is 0.377 e. The first kappa shape index (κ1) is 16.9. The van der Waals surface area contributed by atoms with Crippen LogP contribution in [0.3, 0.4) is 0 Å². The summed E-state index contributed by atoms with van der Waals surface area (Å²) in [5.74, 6) is 0.665. The van der Waals surface area contributed by atoms with Crippen LogP contribution in [-0.4, -0.2) is 41.6 Å². The number of thiazole rings is 1. The Bertz CT molecular complexity index is 602. The molecule has 23 heavy (non-hydrogen) atoms. The van der Waals surface area contributed by atoms with Gasteiger partial charge in [0.1, 0.15) is 0 Å². The van der Waals surface area contributed by atoms with Crippen LogP contribution in [0.2, 0.25) is 0 Å². The predicted octanol–water partition coefficient (Wildman–Crippen LogP) is 3.26. The van der Waals surface area contributed by atoms with Crippen LogP contribution in [0.4, 0.5) is 0 Å². The summed E-state index contributed by atoms with van der Waals surface area (Å²) in [5, 5.41) is 3.12. The third-order valence-corrected chi connectivity index (χ3v) is 6.69. The van der Waals surface area contributed by atoms with E-state index in [9.17, 15) is 4.79 Å². The minimum Gasteiger partial charge on any atom is -0.377 e. The highest BCUT2D eigenvalue weighted by Crippen LogP contribution is 2.54. The fourth-order valence-electron chi connectivity index (χ4n) is 4.25. The fraction of sp³-hybridized carbons (Fsp3) is 0.778. The fourth-order valence-corrected chi connectivity index (χ4v) is 5.16. The average molecular weight is 337 g/mol. The van der Waals surface area contributed by atoms with E-state index in [1.165, 1.54) is 0 Å². The van der Waals surface area contributed by atoms with Crippen molar-refractivity contribution in [1.29, 1.82) is 0 Å². The molecule has 0 radical (unpaired) electrons. The smallest absolute Gasteiger partial charge is 0.228 e. The second-order valence-corrected chi connectivity index (χ2v) is 9.44. The number of fused-ring (bicyclic) bond motifs is 1. The van der Waals surface area contributed by atoms with E-state index in [2.05, 4.69) is 39.6 Å². The van der Waals surface area contributed by atoms with E-state index in [1.54, 1.807) is 11.3 Å². The molecule has 1 aliphatic heterocycles. The highest BCUT2D eigenvalue weighted by molar-refractivity contribution is 7.09. The molecule has 2 aliphatic rings. The van der Waals surface area contributed by atoms with Crippen LogP contribution in [0, 0.1) is 11.3 Å². The molecule has 128 valence electrons. The maximum absolute atomic E-state index is 12.7. The Kier molecular flexibility index (Phi) is 4.08. The van der Waals surface area contributed by atoms with Crippen molar-refractivity contribution in [2.75, 3.05) is 13.7 Å². The first-order valence-corrected chi connectivity index (χ1v) is 9.32. The molecule has 1 saturated heterocycles. The molecule has 5 heteroatoms. The van der Waals surface area contributed by atoms with Gasteiger partial charge in [0, 0.05) is 41.8 Å². The maximum atomic E-state index is 12.7. The highest BCUT2D eigenvalue weighted by atomic mass is 32.1. The van der Waals surface area contributed by atoms with Crippen molar-refractivity contribution in [2.45, 2.75) is 65.0 Å². The second kappa shape index (κ2) is 5.55. The van der Waals surface area contributed by atoms with Gasteiger partial charge in [0.05, 0.1) is 23.2 Å². The molecule has 1 saturated carbocycles. The van der Waals surface area contributed by atoms with Crippen molar-refractivity contribution in [3.63, 3.8) is 0 Å². The van der Waals surface area contributed by atoms with Crippen molar-refractivity contribution >= 4 is 17.2 Å². The maximum Gasteiger partial charge on any atom is 0.228 e. The zero-order chi connectivity index (χ0) is 17.0. The predicted molar refractivity (Wildman–Crippen MR) is 92.7 cm³/mol. The van der Waals surface area contributed by atoms with Gasteiger partial charge >= 0.3 is 0 Å². The topological polar surface area (TPSA) is 42.4 Å². The zero-order valence-electron chi connectivity index (χ0n) is 15.0. The van der Waals surface area contributed by atoms with E-state index in [1.807, 2.05) is 17.3 Å². The molecule has 1 aromatic heterocycles. The monoisotopic (exact) mass is 336 g/mol. The normalized spacial score (nSPS) is 29.0. The van der Waals surface area contributed by atoms with Crippen LogP contribution < -0.4 is 0 Å². The molecular weight excluding hydrogens is 308 g/mol. The van der Waals surface area contributed by atoms with Crippen LogP contribution in [-0.2, 0) is 21.4 Å². The van der Waals surface area contributed by atoms with Gasteiger partial charge in [-0.05, 0) is 6.42 Å². The second-order valence-electron chi connectivity index (χ2n) is 8.59. The molecule has 0 bridgehead atoms. The van der Waals surface area contributed by atoms with Gasteiger partial charge < -0.3 is 9.64 Å². The van der Waals surface area contributed by atoms with Gasteiger partial charge in [-0.15, -0.1) is 11.3 Å². The van der Waals surface area contributed by atoms with Gasteiger partial charge in [0.25, 0.3) is 0 Å². The molecule has 2 fully saturated rings. The molecular formula is C18H28N2O2S. The Labute approximate surface area is 143 Å². The summed E-state index contributed by atoms with van der Waals surface area (Å²) in [6, 6.07) is 0.281. The van der Waals surface area contributed by atoms with Crippen molar-refractivity contribution in [1.82, 2.24) is 9.88 Å². The molecule has 1 aromatic rings. The van der Waals surface area contributed by atoms with Gasteiger partial charge in [0.15, 0.2) is 0 Å². The minimum absolute atomic E-state index is 0.0439. The Hall–Kier alpha value is -0.940. The molecule has 0 aromatic carbocycles. The van der Waals surface area contributed by atoms with Crippen LogP contribution in [0.25, 0.3) is 0 Å². The van der Waals surface area contributed by atoms with Crippen LogP contribution in [0.15, 0.2) is 5.38 Å². The summed E-state index contributed by atoms with van der Waals surface area (Å²) in [5.41, 5.74) is 0.986. The van der Waals surface area contributed by atoms with Crippen molar-refractivity contribution in [3.05, 3.63) is 16.1 Å². The summed E-state index contributed by atoms with van der Waals surface area (Å²) < 4.78 is 5.84. The number of nitrogens with zero attached hydrogens (tertiary/aromatic N) is 2. The molecule has 0 spiro atoms. The van der Waals surface area contributed by atoms with Gasteiger partial charge in [-0.2, -0.15) is 0 Å². The lowest BCUT2D eigenvalue weighted by molar-refractivity contribution is -0.167. The summed E-state index contributed by atoms with van der Waals surface area (Å²) in [4.78, 5) is 19.3. The number of aromatic nitrogens is 1. The number of rotatable bonds is 3. The van der Waals surface area contributed by atoms with E-state index in [4.69, 9.17) is 4.74 Å². The minimum atomic E-state index is 0.0439. The van der Waals surface area contributed by atoms with Crippen LogP contribution in [0.1, 0.15) is 51.7 Å². The standard InChI is InChI=1S/C18H28N2O2S/c1-17(2,3)16-19-11(10-23-16)9-13(21)20(6)14-12-7-8-22-15(12)18(14,4)5/h10,12,14-15H,7-9H2,1-6H3/t12-,14-,15+/m1/s1. The highest BCUT2D eigenvalue weighted by Gasteiger charge is 2.61. The van der Waals surface area contributed by atoms with E-state index in [-0.39, 0.29) is 22.8 Å². The van der Waals surface area contributed by atoms with Crippen molar-refractivity contribution in [3.8, 4) is 0 Å². The van der Waals surface area contributed by atoms with Gasteiger partial charge in [-0.1, -0.05) is 34.6 Å². The van der Waals surface area contributed by atoms with Crippen LogP contribution in [0.5, 0.6) is 0 Å². The summed E-state index contributed by atoms with van der Waals surface area (Å²) in [6.07, 6.45) is 1.78. The van der Waals surface area contributed by atoms with Gasteiger partial charge in [-0.25, -0.2) is 4.98 Å². The van der Waals surface area contributed by atoms with E-state index >= 15 is 0 Å². The molecule has 3 rings (SSSR count). The lowest BCUT2D eigenvalue weighted by atomic mass is 9.57. The summed E-state index contributed by atoms with van der Waals surface area (Å²) in [7, 11) is 1.94. The lowest BCUT2D eigenvalue weighted by Crippen LogP contribution is -2.67. The lowest BCUT2D eigenvalue weighted by Gasteiger charge is -2.57. The number of hydrogen-bond donors (Lipinski definition) is 0. The number of likely N-dealkylation sites (N-methyl/N-ethyl adjacent to an activating group) is 1. The van der Waals surface area contributed by atoms with Gasteiger partial charge in [-0.3, -0.25) is 4.79 Å². The molecule has 4 nitrogen and oxygen atoms in total. The first-order valence-electron chi connectivity index (χ1n) is 8.44. The average Bonchev–Trinajstić information content (AvgIpc) is 3.05. The summed E-state index contributed by atoms with van der Waals surface area (Å²) in [6.45, 7) is 11.7. The quantitative estimate of drug-likeness (QED) is 0.851. The third-order valence-electron chi connectivity index (χ3n) is 5.37. The Morgan fingerprint density at radius 3 is 2.78 bits per heavy atom. The van der Waals surface area contributed by atoms with Crippen molar-refractivity contribution < 1.29 is 9.53 Å². The molecule has 0 unspecified atom stereocenters. The SMILES string of the molecule is CN(C(=O)Cc1csc(C(C)(C)C)n1)[C@@H]1[C@H]2CCO[C@@H]2C1(C)C. The molecule has 0 N–H and O–H groups in total. The molecule has 2 heterocycles. The van der Waals surface area contributed by atoms with E-state index in [0.29, 0.717) is 18.4 Å². The number of hydrogen-bond acceptors (Lipinski definition) is 4. The van der Waals surface area contributed by atoms with E-state index < -0.39 is 0 Å². The Morgan fingerprint density at radius 2 is 2.17 bits per heavy atom. The molecule has 3 atom stereocenters. The molecule has 1 amide bonds. The number of ether oxygens (including phenoxy) is 1. The molecule has 1 aliphatic carbocycles. The number of amides is 1. The Morgan fingerprint density at radius 1 is 1.48 bits per heavy atom. The van der Waals surface area contributed by atoms with Crippen LogP contribution >= 0.6 is 11.3 Å². The number of carbonyl (C=O) groups excluding carboxylic acids is 1. The van der Waals surface area contributed by atoms with Gasteiger partial charge in [0.2, 0.25) is 5.91 Å².